The lowest BCUT2D eigenvalue weighted by Crippen LogP contribution is -2.31. The first-order chi connectivity index (χ1) is 7.74. The Kier molecular flexibility index (Phi) is 4.32. The van der Waals surface area contributed by atoms with Crippen molar-refractivity contribution in [1.29, 1.82) is 0 Å². The van der Waals surface area contributed by atoms with Crippen molar-refractivity contribution in [2.24, 2.45) is 0 Å². The van der Waals surface area contributed by atoms with E-state index >= 15 is 0 Å². The Bertz CT molecular complexity index is 409. The third-order valence-corrected chi connectivity index (χ3v) is 2.49. The molecule has 0 saturated carbocycles. The van der Waals surface area contributed by atoms with Crippen LogP contribution in [0.4, 0.5) is 24.8 Å². The van der Waals surface area contributed by atoms with Crippen LogP contribution in [0.2, 0.25) is 10.0 Å². The summed E-state index contributed by atoms with van der Waals surface area (Å²) in [5.41, 5.74) is 0. The quantitative estimate of drug-likeness (QED) is 0.923. The van der Waals surface area contributed by atoms with Crippen molar-refractivity contribution in [2.75, 3.05) is 30.9 Å². The summed E-state index contributed by atoms with van der Waals surface area (Å²) in [5.74, 6) is 0.304. The van der Waals surface area contributed by atoms with Crippen LogP contribution in [0, 0.1) is 0 Å². The van der Waals surface area contributed by atoms with E-state index in [0.717, 1.165) is 4.90 Å². The second-order valence-electron chi connectivity index (χ2n) is 3.35. The van der Waals surface area contributed by atoms with Gasteiger partial charge in [0.1, 0.15) is 18.2 Å². The second-order valence-corrected chi connectivity index (χ2v) is 4.16. The van der Waals surface area contributed by atoms with Gasteiger partial charge < -0.3 is 10.2 Å². The molecule has 0 aromatic carbocycles. The molecule has 0 radical (unpaired) electrons. The fourth-order valence-electron chi connectivity index (χ4n) is 1.24. The van der Waals surface area contributed by atoms with Crippen molar-refractivity contribution < 1.29 is 13.2 Å². The van der Waals surface area contributed by atoms with Gasteiger partial charge in [-0.15, -0.1) is 0 Å². The highest BCUT2D eigenvalue weighted by Crippen LogP contribution is 2.31. The molecule has 0 fully saturated rings. The number of hydrogen-bond acceptors (Lipinski definition) is 3. The monoisotopic (exact) mass is 287 g/mol. The molecule has 1 rings (SSSR count). The first-order valence-corrected chi connectivity index (χ1v) is 5.32. The zero-order chi connectivity index (χ0) is 13.2. The number of nitrogens with one attached hydrogen (secondary N) is 1. The van der Waals surface area contributed by atoms with E-state index in [9.17, 15) is 13.2 Å². The summed E-state index contributed by atoms with van der Waals surface area (Å²) in [7, 11) is 2.82. The molecule has 1 heterocycles. The van der Waals surface area contributed by atoms with Crippen LogP contribution >= 0.6 is 23.2 Å². The number of pyridine rings is 1. The Labute approximate surface area is 107 Å². The van der Waals surface area contributed by atoms with Crippen LogP contribution in [0.15, 0.2) is 6.07 Å². The molecule has 1 N–H and O–H groups in total. The lowest BCUT2D eigenvalue weighted by molar-refractivity contribution is -0.119. The summed E-state index contributed by atoms with van der Waals surface area (Å²) >= 11 is 11.6. The molecule has 0 aliphatic heterocycles. The average Bonchev–Trinajstić information content (AvgIpc) is 2.14. The molecule has 1 aromatic heterocycles. The number of halogens is 5. The van der Waals surface area contributed by atoms with Crippen molar-refractivity contribution in [3.05, 3.63) is 16.1 Å². The molecule has 0 atom stereocenters. The minimum Gasteiger partial charge on any atom is -0.372 e. The van der Waals surface area contributed by atoms with Gasteiger partial charge in [0.2, 0.25) is 0 Å². The summed E-state index contributed by atoms with van der Waals surface area (Å²) in [4.78, 5) is 4.84. The molecular weight excluding hydrogens is 278 g/mol. The van der Waals surface area contributed by atoms with Gasteiger partial charge in [0.05, 0.1) is 10.0 Å². The van der Waals surface area contributed by atoms with Crippen molar-refractivity contribution in [1.82, 2.24) is 4.98 Å². The van der Waals surface area contributed by atoms with Gasteiger partial charge in [0.25, 0.3) is 0 Å². The van der Waals surface area contributed by atoms with Gasteiger partial charge in [-0.1, -0.05) is 23.2 Å². The first kappa shape index (κ1) is 14.2. The van der Waals surface area contributed by atoms with Gasteiger partial charge in [-0.25, -0.2) is 4.98 Å². The number of rotatable bonds is 3. The van der Waals surface area contributed by atoms with Crippen molar-refractivity contribution in [3.8, 4) is 0 Å². The second kappa shape index (κ2) is 5.18. The maximum absolute atomic E-state index is 12.2. The number of nitrogens with zero attached hydrogens (tertiary/aromatic N) is 2. The van der Waals surface area contributed by atoms with Gasteiger partial charge in [-0.2, -0.15) is 13.2 Å². The Hall–Kier alpha value is -0.880. The van der Waals surface area contributed by atoms with Gasteiger partial charge in [-0.05, 0) is 6.07 Å². The molecule has 96 valence electrons. The van der Waals surface area contributed by atoms with Crippen LogP contribution in [0.25, 0.3) is 0 Å². The van der Waals surface area contributed by atoms with Crippen molar-refractivity contribution in [3.63, 3.8) is 0 Å². The van der Waals surface area contributed by atoms with Crippen molar-refractivity contribution >= 4 is 34.8 Å². The zero-order valence-corrected chi connectivity index (χ0v) is 10.6. The Balaban J connectivity index is 3.05. The van der Waals surface area contributed by atoms with E-state index in [2.05, 4.69) is 10.3 Å². The molecule has 0 amide bonds. The van der Waals surface area contributed by atoms with Crippen LogP contribution in [-0.2, 0) is 0 Å². The summed E-state index contributed by atoms with van der Waals surface area (Å²) in [6.07, 6.45) is -4.32. The van der Waals surface area contributed by atoms with Crippen molar-refractivity contribution in [2.45, 2.75) is 6.18 Å². The predicted molar refractivity (Wildman–Crippen MR) is 63.1 cm³/mol. The van der Waals surface area contributed by atoms with Gasteiger partial charge >= 0.3 is 6.18 Å². The van der Waals surface area contributed by atoms with E-state index in [4.69, 9.17) is 23.2 Å². The van der Waals surface area contributed by atoms with E-state index in [1.165, 1.54) is 13.1 Å². The highest BCUT2D eigenvalue weighted by molar-refractivity contribution is 6.37. The average molecular weight is 288 g/mol. The van der Waals surface area contributed by atoms with E-state index in [-0.39, 0.29) is 21.7 Å². The molecule has 0 unspecified atom stereocenters. The fraction of sp³-hybridized carbons (Fsp3) is 0.444. The minimum atomic E-state index is -4.32. The van der Waals surface area contributed by atoms with Gasteiger partial charge in [0, 0.05) is 14.1 Å². The zero-order valence-electron chi connectivity index (χ0n) is 9.07. The molecule has 17 heavy (non-hydrogen) atoms. The normalized spacial score (nSPS) is 11.5. The minimum absolute atomic E-state index is 0.0257. The SMILES string of the molecule is CNc1nc(N(C)CC(F)(F)F)c(Cl)cc1Cl. The van der Waals surface area contributed by atoms with Gasteiger partial charge in [-0.3, -0.25) is 0 Å². The number of hydrogen-bond donors (Lipinski definition) is 1. The number of aromatic nitrogens is 1. The topological polar surface area (TPSA) is 28.2 Å². The van der Waals surface area contributed by atoms with E-state index in [0.29, 0.717) is 0 Å². The summed E-state index contributed by atoms with van der Waals surface area (Å²) in [6, 6.07) is 1.35. The van der Waals surface area contributed by atoms with Crippen LogP contribution in [-0.4, -0.2) is 31.8 Å². The molecule has 0 aliphatic carbocycles. The summed E-state index contributed by atoms with van der Waals surface area (Å²) < 4.78 is 36.7. The molecular formula is C9H10Cl2F3N3. The van der Waals surface area contributed by atoms with Crippen LogP contribution in [0.3, 0.4) is 0 Å². The molecule has 0 spiro atoms. The fourth-order valence-corrected chi connectivity index (χ4v) is 1.84. The van der Waals surface area contributed by atoms with Crippen LogP contribution < -0.4 is 10.2 Å². The van der Waals surface area contributed by atoms with Crippen LogP contribution in [0.5, 0.6) is 0 Å². The number of anilines is 2. The maximum Gasteiger partial charge on any atom is 0.405 e. The third-order valence-electron chi connectivity index (χ3n) is 1.93. The van der Waals surface area contributed by atoms with E-state index in [1.54, 1.807) is 7.05 Å². The first-order valence-electron chi connectivity index (χ1n) is 4.56. The number of alkyl halides is 3. The third kappa shape index (κ3) is 3.81. The molecule has 1 aromatic rings. The van der Waals surface area contributed by atoms with E-state index < -0.39 is 12.7 Å². The Morgan fingerprint density at radius 1 is 1.35 bits per heavy atom. The summed E-state index contributed by atoms with van der Waals surface area (Å²) in [5, 5.41) is 2.99. The summed E-state index contributed by atoms with van der Waals surface area (Å²) in [6.45, 7) is -1.13. The lowest BCUT2D eigenvalue weighted by atomic mass is 10.4. The Morgan fingerprint density at radius 3 is 2.41 bits per heavy atom. The van der Waals surface area contributed by atoms with Crippen LogP contribution in [0.1, 0.15) is 0 Å². The predicted octanol–water partition coefficient (Wildman–Crippen LogP) is 3.43. The molecule has 0 saturated heterocycles. The lowest BCUT2D eigenvalue weighted by Gasteiger charge is -2.21. The largest absolute Gasteiger partial charge is 0.405 e. The molecule has 0 bridgehead atoms. The maximum atomic E-state index is 12.2. The highest BCUT2D eigenvalue weighted by Gasteiger charge is 2.30. The molecule has 3 nitrogen and oxygen atoms in total. The van der Waals surface area contributed by atoms with Gasteiger partial charge in [0.15, 0.2) is 0 Å². The smallest absolute Gasteiger partial charge is 0.372 e. The van der Waals surface area contributed by atoms with E-state index in [1.807, 2.05) is 0 Å². The molecule has 8 heteroatoms. The standard InChI is InChI=1S/C9H10Cl2F3N3/c1-15-7-5(10)3-6(11)8(16-7)17(2)4-9(12,13)14/h3H,4H2,1-2H3,(H,15,16). The Morgan fingerprint density at radius 2 is 1.94 bits per heavy atom. The molecule has 0 aliphatic rings. The highest BCUT2D eigenvalue weighted by atomic mass is 35.5.